The minimum Gasteiger partial charge on any atom is -0.382 e. The lowest BCUT2D eigenvalue weighted by molar-refractivity contribution is 0.622. The van der Waals surface area contributed by atoms with Gasteiger partial charge >= 0.3 is 0 Å². The van der Waals surface area contributed by atoms with Gasteiger partial charge in [0.15, 0.2) is 11.5 Å². The van der Waals surface area contributed by atoms with Gasteiger partial charge in [-0.1, -0.05) is 0 Å². The van der Waals surface area contributed by atoms with Crippen molar-refractivity contribution < 1.29 is 4.39 Å². The van der Waals surface area contributed by atoms with E-state index in [9.17, 15) is 9.30 Å². The monoisotopic (exact) mass is 141 g/mol. The molecule has 0 saturated carbocycles. The summed E-state index contributed by atoms with van der Waals surface area (Å²) in [6.45, 7) is 0. The van der Waals surface area contributed by atoms with Gasteiger partial charge in [0.25, 0.3) is 0 Å². The molecule has 5 heteroatoms. The lowest BCUT2D eigenvalue weighted by Crippen LogP contribution is -1.90. The lowest BCUT2D eigenvalue weighted by atomic mass is 10.4. The van der Waals surface area contributed by atoms with E-state index < -0.39 is 5.82 Å². The average Bonchev–Trinajstić information content (AvgIpc) is 1.94. The molecule has 0 fully saturated rings. The van der Waals surface area contributed by atoms with Crippen LogP contribution in [0.15, 0.2) is 17.4 Å². The summed E-state index contributed by atoms with van der Waals surface area (Å²) in [5.74, 6) is -0.680. The standard InChI is InChI=1S/C5H4FN3O/c6-3-1-4(9-10)5(7)8-2-3/h1-2H,(H2,7,8). The molecular weight excluding hydrogens is 137 g/mol. The summed E-state index contributed by atoms with van der Waals surface area (Å²) in [6.07, 6.45) is 0.921. The smallest absolute Gasteiger partial charge is 0.153 e. The molecule has 10 heavy (non-hydrogen) atoms. The van der Waals surface area contributed by atoms with Gasteiger partial charge in [0.2, 0.25) is 0 Å². The number of hydrogen-bond acceptors (Lipinski definition) is 4. The SMILES string of the molecule is Nc1ncc(F)cc1N=O. The van der Waals surface area contributed by atoms with E-state index >= 15 is 0 Å². The number of nitrogens with two attached hydrogens (primary N) is 1. The molecule has 4 nitrogen and oxygen atoms in total. The summed E-state index contributed by atoms with van der Waals surface area (Å²) in [5.41, 5.74) is 4.96. The maximum atomic E-state index is 12.2. The zero-order chi connectivity index (χ0) is 7.56. The number of nitroso groups, excluding NO2 is 1. The molecule has 0 spiro atoms. The van der Waals surface area contributed by atoms with Crippen molar-refractivity contribution in [1.82, 2.24) is 4.98 Å². The van der Waals surface area contributed by atoms with Crippen LogP contribution in [0.5, 0.6) is 0 Å². The number of hydrogen-bond donors (Lipinski definition) is 1. The van der Waals surface area contributed by atoms with E-state index in [1.54, 1.807) is 0 Å². The van der Waals surface area contributed by atoms with Crippen LogP contribution in [-0.4, -0.2) is 4.98 Å². The number of anilines is 1. The number of halogens is 1. The molecule has 0 aliphatic rings. The largest absolute Gasteiger partial charge is 0.382 e. The lowest BCUT2D eigenvalue weighted by Gasteiger charge is -1.92. The normalized spacial score (nSPS) is 9.30. The van der Waals surface area contributed by atoms with Crippen molar-refractivity contribution in [2.24, 2.45) is 5.18 Å². The Morgan fingerprint density at radius 1 is 1.70 bits per heavy atom. The van der Waals surface area contributed by atoms with Crippen molar-refractivity contribution >= 4 is 11.5 Å². The number of pyridine rings is 1. The molecule has 0 saturated heterocycles. The fraction of sp³-hybridized carbons (Fsp3) is 0. The number of rotatable bonds is 1. The van der Waals surface area contributed by atoms with Gasteiger partial charge in [-0.3, -0.25) is 0 Å². The van der Waals surface area contributed by atoms with Crippen molar-refractivity contribution in [3.8, 4) is 0 Å². The predicted molar refractivity (Wildman–Crippen MR) is 34.1 cm³/mol. The summed E-state index contributed by atoms with van der Waals surface area (Å²) in [4.78, 5) is 13.2. The summed E-state index contributed by atoms with van der Waals surface area (Å²) in [6, 6.07) is 0.926. The minimum atomic E-state index is -0.621. The van der Waals surface area contributed by atoms with Gasteiger partial charge in [0.1, 0.15) is 5.82 Å². The Labute approximate surface area is 55.9 Å². The van der Waals surface area contributed by atoms with E-state index in [4.69, 9.17) is 5.73 Å². The highest BCUT2D eigenvalue weighted by atomic mass is 19.1. The second-order valence-corrected chi connectivity index (χ2v) is 1.65. The first-order chi connectivity index (χ1) is 4.74. The summed E-state index contributed by atoms with van der Waals surface area (Å²) in [7, 11) is 0. The van der Waals surface area contributed by atoms with Crippen LogP contribution >= 0.6 is 0 Å². The van der Waals surface area contributed by atoms with E-state index in [1.807, 2.05) is 0 Å². The van der Waals surface area contributed by atoms with Gasteiger partial charge < -0.3 is 5.73 Å². The molecule has 1 aromatic heterocycles. The van der Waals surface area contributed by atoms with Gasteiger partial charge in [0, 0.05) is 6.07 Å². The molecule has 0 radical (unpaired) electrons. The third-order valence-electron chi connectivity index (χ3n) is 0.962. The molecule has 0 amide bonds. The van der Waals surface area contributed by atoms with Crippen LogP contribution in [0.1, 0.15) is 0 Å². The first kappa shape index (κ1) is 6.60. The highest BCUT2D eigenvalue weighted by Crippen LogP contribution is 2.18. The Kier molecular flexibility index (Phi) is 1.57. The van der Waals surface area contributed by atoms with Crippen LogP contribution in [0.2, 0.25) is 0 Å². The Morgan fingerprint density at radius 3 is 2.90 bits per heavy atom. The fourth-order valence-electron chi connectivity index (χ4n) is 0.512. The highest BCUT2D eigenvalue weighted by molar-refractivity contribution is 5.56. The van der Waals surface area contributed by atoms with Crippen LogP contribution in [0, 0.1) is 10.7 Å². The molecule has 1 aromatic rings. The van der Waals surface area contributed by atoms with Crippen LogP contribution in [-0.2, 0) is 0 Å². The number of nitrogens with zero attached hydrogens (tertiary/aromatic N) is 2. The summed E-state index contributed by atoms with van der Waals surface area (Å²) < 4.78 is 12.2. The highest BCUT2D eigenvalue weighted by Gasteiger charge is 2.00. The van der Waals surface area contributed by atoms with E-state index in [2.05, 4.69) is 10.2 Å². The van der Waals surface area contributed by atoms with Gasteiger partial charge in [-0.25, -0.2) is 9.37 Å². The molecular formula is C5H4FN3O. The van der Waals surface area contributed by atoms with Crippen molar-refractivity contribution in [2.75, 3.05) is 5.73 Å². The van der Waals surface area contributed by atoms with E-state index in [0.717, 1.165) is 12.3 Å². The topological polar surface area (TPSA) is 68.3 Å². The minimum absolute atomic E-state index is 0.0589. The van der Waals surface area contributed by atoms with E-state index in [0.29, 0.717) is 0 Å². The molecule has 0 atom stereocenters. The van der Waals surface area contributed by atoms with Gasteiger partial charge in [0.05, 0.1) is 6.20 Å². The fourth-order valence-corrected chi connectivity index (χ4v) is 0.512. The van der Waals surface area contributed by atoms with Gasteiger partial charge in [-0.15, -0.1) is 4.91 Å². The molecule has 0 unspecified atom stereocenters. The van der Waals surface area contributed by atoms with Crippen molar-refractivity contribution in [3.05, 3.63) is 23.0 Å². The second kappa shape index (κ2) is 2.38. The predicted octanol–water partition coefficient (Wildman–Crippen LogP) is 1.20. The molecule has 0 bridgehead atoms. The third kappa shape index (κ3) is 1.07. The molecule has 52 valence electrons. The first-order valence-corrected chi connectivity index (χ1v) is 2.48. The zero-order valence-electron chi connectivity index (χ0n) is 4.91. The molecule has 0 aliphatic carbocycles. The Hall–Kier alpha value is -1.52. The second-order valence-electron chi connectivity index (χ2n) is 1.65. The van der Waals surface area contributed by atoms with Crippen LogP contribution < -0.4 is 5.73 Å². The summed E-state index contributed by atoms with van der Waals surface area (Å²) in [5, 5.41) is 2.45. The van der Waals surface area contributed by atoms with Gasteiger partial charge in [-0.05, 0) is 5.18 Å². The maximum Gasteiger partial charge on any atom is 0.153 e. The molecule has 0 aromatic carbocycles. The zero-order valence-corrected chi connectivity index (χ0v) is 4.91. The van der Waals surface area contributed by atoms with E-state index in [1.165, 1.54) is 0 Å². The molecule has 0 aliphatic heterocycles. The van der Waals surface area contributed by atoms with Crippen molar-refractivity contribution in [3.63, 3.8) is 0 Å². The van der Waals surface area contributed by atoms with Gasteiger partial charge in [-0.2, -0.15) is 0 Å². The average molecular weight is 141 g/mol. The quantitative estimate of drug-likeness (QED) is 0.597. The third-order valence-corrected chi connectivity index (χ3v) is 0.962. The molecule has 1 heterocycles. The maximum absolute atomic E-state index is 12.2. The Bertz CT molecular complexity index is 263. The Morgan fingerprint density at radius 2 is 2.40 bits per heavy atom. The summed E-state index contributed by atoms with van der Waals surface area (Å²) >= 11 is 0. The Balaban J connectivity index is 3.21. The first-order valence-electron chi connectivity index (χ1n) is 2.48. The van der Waals surface area contributed by atoms with Crippen molar-refractivity contribution in [1.29, 1.82) is 0 Å². The number of aromatic nitrogens is 1. The van der Waals surface area contributed by atoms with Crippen LogP contribution in [0.3, 0.4) is 0 Å². The number of nitrogen functional groups attached to an aromatic ring is 1. The molecule has 2 N–H and O–H groups in total. The van der Waals surface area contributed by atoms with Crippen molar-refractivity contribution in [2.45, 2.75) is 0 Å². The van der Waals surface area contributed by atoms with Crippen LogP contribution in [0.4, 0.5) is 15.9 Å². The van der Waals surface area contributed by atoms with Crippen LogP contribution in [0.25, 0.3) is 0 Å². The van der Waals surface area contributed by atoms with E-state index in [-0.39, 0.29) is 11.5 Å². The molecule has 1 rings (SSSR count).